The van der Waals surface area contributed by atoms with Crippen LogP contribution < -0.4 is 36.5 Å². The molecule has 6 aromatic rings. The maximum Gasteiger partial charge on any atom is 0.332 e. The highest BCUT2D eigenvalue weighted by Gasteiger charge is 2.44. The zero-order valence-corrected chi connectivity index (χ0v) is 41.7. The van der Waals surface area contributed by atoms with E-state index in [-0.39, 0.29) is 55.9 Å². The Balaban J connectivity index is 0.813. The number of nitrogens with zero attached hydrogens (tertiary/aromatic N) is 7. The number of benzene rings is 3. The fourth-order valence-corrected chi connectivity index (χ4v) is 10.6. The molecule has 3 aliphatic heterocycles. The van der Waals surface area contributed by atoms with Crippen LogP contribution in [0.2, 0.25) is 0 Å². The first-order valence-electron chi connectivity index (χ1n) is 25.2. The predicted molar refractivity (Wildman–Crippen MR) is 279 cm³/mol. The van der Waals surface area contributed by atoms with Gasteiger partial charge in [0.05, 0.1) is 49.8 Å². The highest BCUT2D eigenvalue weighted by atomic mass is 16.5. The number of urea groups is 1. The van der Waals surface area contributed by atoms with Crippen LogP contribution in [0.4, 0.5) is 16.4 Å². The minimum atomic E-state index is -1.24. The Morgan fingerprint density at radius 2 is 1.74 bits per heavy atom. The fourth-order valence-electron chi connectivity index (χ4n) is 10.6. The SMILES string of the molecule is COc1ccc(C#CCNC2(C)CCN(C3CCN(c4nc(C(CO)(OC5CC5)c5ccccc5)c5cc(-c6cn(C)c(=O)c7[nH]ccc67)ccc5n4)CC3)CC2)cc1N1CCC(=O)N(CNC(=O)CN)C1=O. The first kappa shape index (κ1) is 49.4. The monoisotopic (exact) mass is 989 g/mol. The van der Waals surface area contributed by atoms with Gasteiger partial charge < -0.3 is 50.3 Å². The Hall–Kier alpha value is -7.14. The van der Waals surface area contributed by atoms with Crippen molar-refractivity contribution < 1.29 is 29.0 Å². The number of amides is 4. The summed E-state index contributed by atoms with van der Waals surface area (Å²) in [5.74, 6) is 6.75. The average molecular weight is 990 g/mol. The molecule has 3 aromatic heterocycles. The lowest BCUT2D eigenvalue weighted by molar-refractivity contribution is -0.129. The summed E-state index contributed by atoms with van der Waals surface area (Å²) in [5, 5.41) is 19.4. The molecule has 4 aliphatic rings. The lowest BCUT2D eigenvalue weighted by Gasteiger charge is -2.45. The Labute approximate surface area is 423 Å². The molecule has 4 fully saturated rings. The number of hydrogen-bond acceptors (Lipinski definition) is 13. The molecule has 3 saturated heterocycles. The number of likely N-dealkylation sites (tertiary alicyclic amines) is 1. The van der Waals surface area contributed by atoms with E-state index in [0.717, 1.165) is 103 Å². The highest BCUT2D eigenvalue weighted by Crippen LogP contribution is 2.43. The molecule has 18 nitrogen and oxygen atoms in total. The van der Waals surface area contributed by atoms with Crippen LogP contribution in [-0.2, 0) is 27.0 Å². The molecule has 10 rings (SSSR count). The largest absolute Gasteiger partial charge is 0.495 e. The number of aliphatic hydroxyl groups excluding tert-OH is 1. The van der Waals surface area contributed by atoms with Gasteiger partial charge in [0.25, 0.3) is 5.56 Å². The maximum absolute atomic E-state index is 13.4. The number of nitrogens with one attached hydrogen (secondary N) is 3. The number of aromatic amines is 1. The highest BCUT2D eigenvalue weighted by molar-refractivity contribution is 6.06. The molecule has 1 saturated carbocycles. The topological polar surface area (TPSA) is 217 Å². The summed E-state index contributed by atoms with van der Waals surface area (Å²) in [6.45, 7) is 5.57. The van der Waals surface area contributed by atoms with E-state index >= 15 is 0 Å². The molecule has 6 N–H and O–H groups in total. The van der Waals surface area contributed by atoms with Crippen LogP contribution in [0.5, 0.6) is 5.75 Å². The second-order valence-corrected chi connectivity index (χ2v) is 19.8. The van der Waals surface area contributed by atoms with Gasteiger partial charge in [0.1, 0.15) is 17.9 Å². The summed E-state index contributed by atoms with van der Waals surface area (Å²) in [6.07, 6.45) is 9.42. The van der Waals surface area contributed by atoms with Gasteiger partial charge >= 0.3 is 6.03 Å². The van der Waals surface area contributed by atoms with Crippen molar-refractivity contribution in [3.8, 4) is 28.7 Å². The number of ether oxygens (including phenoxy) is 2. The molecule has 3 aromatic carbocycles. The second-order valence-electron chi connectivity index (χ2n) is 19.8. The van der Waals surface area contributed by atoms with E-state index in [4.69, 9.17) is 25.2 Å². The van der Waals surface area contributed by atoms with Gasteiger partial charge in [-0.3, -0.25) is 19.3 Å². The molecule has 1 unspecified atom stereocenters. The van der Waals surface area contributed by atoms with Gasteiger partial charge in [-0.1, -0.05) is 48.2 Å². The number of imide groups is 1. The molecular weight excluding hydrogens is 927 g/mol. The van der Waals surface area contributed by atoms with E-state index in [2.05, 4.69) is 50.2 Å². The summed E-state index contributed by atoms with van der Waals surface area (Å²) < 4.78 is 14.1. The summed E-state index contributed by atoms with van der Waals surface area (Å²) in [4.78, 5) is 71.9. The molecule has 73 heavy (non-hydrogen) atoms. The van der Waals surface area contributed by atoms with Crippen molar-refractivity contribution in [2.45, 2.75) is 75.2 Å². The van der Waals surface area contributed by atoms with Gasteiger partial charge in [-0.25, -0.2) is 19.7 Å². The quantitative estimate of drug-likeness (QED) is 0.0894. The third kappa shape index (κ3) is 10.0. The lowest BCUT2D eigenvalue weighted by Crippen LogP contribution is -2.56. The van der Waals surface area contributed by atoms with E-state index in [1.165, 1.54) is 12.0 Å². The molecule has 1 atom stereocenters. The molecule has 0 spiro atoms. The van der Waals surface area contributed by atoms with Crippen LogP contribution in [0.1, 0.15) is 68.7 Å². The summed E-state index contributed by atoms with van der Waals surface area (Å²) in [5.41, 5.74) is 9.70. The zero-order chi connectivity index (χ0) is 50.9. The molecule has 6 heterocycles. The van der Waals surface area contributed by atoms with E-state index in [1.54, 1.807) is 29.9 Å². The maximum atomic E-state index is 13.4. The van der Waals surface area contributed by atoms with Crippen molar-refractivity contribution in [1.82, 2.24) is 40.0 Å². The van der Waals surface area contributed by atoms with E-state index in [0.29, 0.717) is 46.7 Å². The molecule has 380 valence electrons. The molecule has 4 amide bonds. The second kappa shape index (κ2) is 20.8. The summed E-state index contributed by atoms with van der Waals surface area (Å²) >= 11 is 0. The zero-order valence-electron chi connectivity index (χ0n) is 41.7. The number of fused-ring (bicyclic) bond motifs is 2. The van der Waals surface area contributed by atoms with Gasteiger partial charge in [-0.2, -0.15) is 0 Å². The fraction of sp³-hybridized carbons (Fsp3) is 0.418. The molecule has 0 radical (unpaired) electrons. The van der Waals surface area contributed by atoms with Crippen molar-refractivity contribution in [1.29, 1.82) is 0 Å². The number of methoxy groups -OCH3 is 1. The van der Waals surface area contributed by atoms with Gasteiger partial charge in [0.2, 0.25) is 17.8 Å². The van der Waals surface area contributed by atoms with Crippen LogP contribution in [0.25, 0.3) is 32.9 Å². The number of H-pyrrole nitrogens is 1. The van der Waals surface area contributed by atoms with Crippen LogP contribution in [-0.4, -0.2) is 136 Å². The van der Waals surface area contributed by atoms with Crippen molar-refractivity contribution in [2.75, 3.05) is 76.0 Å². The minimum absolute atomic E-state index is 0.000785. The Kier molecular flexibility index (Phi) is 14.1. The number of rotatable bonds is 15. The number of aliphatic hydroxyl groups is 1. The number of carbonyl (C=O) groups excluding carboxylic acids is 3. The smallest absolute Gasteiger partial charge is 0.332 e. The van der Waals surface area contributed by atoms with Crippen molar-refractivity contribution in [3.63, 3.8) is 0 Å². The third-order valence-corrected chi connectivity index (χ3v) is 15.0. The summed E-state index contributed by atoms with van der Waals surface area (Å²) in [6, 6.07) is 23.2. The van der Waals surface area contributed by atoms with Gasteiger partial charge in [-0.15, -0.1) is 0 Å². The molecule has 0 bridgehead atoms. The number of piperidine rings is 2. The first-order chi connectivity index (χ1) is 35.4. The van der Waals surface area contributed by atoms with E-state index in [1.807, 2.05) is 60.8 Å². The van der Waals surface area contributed by atoms with Crippen LogP contribution >= 0.6 is 0 Å². The minimum Gasteiger partial charge on any atom is -0.495 e. The Bertz CT molecular complexity index is 3160. The predicted octanol–water partition coefficient (Wildman–Crippen LogP) is 4.56. The summed E-state index contributed by atoms with van der Waals surface area (Å²) in [7, 11) is 3.28. The molecule has 18 heteroatoms. The Morgan fingerprint density at radius 1 is 0.959 bits per heavy atom. The van der Waals surface area contributed by atoms with Crippen LogP contribution in [0.3, 0.4) is 0 Å². The third-order valence-electron chi connectivity index (χ3n) is 15.0. The van der Waals surface area contributed by atoms with E-state index < -0.39 is 17.5 Å². The average Bonchev–Trinajstić information content (AvgIpc) is 4.10. The number of anilines is 2. The number of nitrogens with two attached hydrogens (primary N) is 1. The lowest BCUT2D eigenvalue weighted by atomic mass is 9.87. The van der Waals surface area contributed by atoms with Gasteiger partial charge in [0, 0.05) is 92.1 Å². The number of pyridine rings is 1. The molecule has 1 aliphatic carbocycles. The van der Waals surface area contributed by atoms with Gasteiger partial charge in [-0.05, 0) is 93.0 Å². The first-order valence-corrected chi connectivity index (χ1v) is 25.2. The number of hydrogen-bond donors (Lipinski definition) is 5. The Morgan fingerprint density at radius 3 is 2.47 bits per heavy atom. The normalized spacial score (nSPS) is 18.5. The number of aryl methyl sites for hydroxylation is 1. The van der Waals surface area contributed by atoms with Crippen LogP contribution in [0, 0.1) is 11.8 Å². The van der Waals surface area contributed by atoms with Crippen molar-refractivity contribution in [3.05, 3.63) is 112 Å². The standard InChI is InChI=1S/C55H63N11O7/c1-54(59-23-7-8-36-11-16-46(72-3)45(30-36)65-27-20-48(69)66(53(65)71)35-58-47(68)32-56)21-28-63(29-22-54)39-18-25-64(26-19-39)52-60-44-15-12-37(43-33-62(2)51(70)49-41(43)17-24-57-49)31-42(44)50(61-52)55(34-67,73-40-13-14-40)38-9-5-4-6-10-38/h4-6,9-12,15-17,24,30-31,33,39-40,57,59,67H,13-14,18-23,25-29,32,34-35,56H2,1-3H3,(H,58,68). The van der Waals surface area contributed by atoms with Gasteiger partial charge in [0.15, 0.2) is 5.60 Å². The number of aromatic nitrogens is 4. The number of carbonyl (C=O) groups is 3. The molecular formula is C55H63N11O7. The van der Waals surface area contributed by atoms with Crippen molar-refractivity contribution in [2.24, 2.45) is 12.8 Å². The van der Waals surface area contributed by atoms with E-state index in [9.17, 15) is 24.3 Å². The van der Waals surface area contributed by atoms with Crippen LogP contribution in [0.15, 0.2) is 90.0 Å². The van der Waals surface area contributed by atoms with Crippen molar-refractivity contribution >= 4 is 51.3 Å².